The number of aryl methyl sites for hydroxylation is 1. The van der Waals surface area contributed by atoms with Crippen molar-refractivity contribution < 1.29 is 9.26 Å². The number of benzene rings is 1. The molecule has 1 heterocycles. The van der Waals surface area contributed by atoms with Crippen molar-refractivity contribution in [2.45, 2.75) is 52.8 Å². The Hall–Kier alpha value is -2.50. The summed E-state index contributed by atoms with van der Waals surface area (Å²) in [6.45, 7) is 9.32. The highest BCUT2D eigenvalue weighted by molar-refractivity contribution is 5.79. The standard InChI is InChI=1S/C19H28N4O2/c1-6-15-11-16(25-23-15)13-22-18(20-5)21-12-14-9-7-8-10-17(14)24-19(2,3)4/h7-11H,6,12-13H2,1-5H3,(H2,20,21,22). The molecule has 6 nitrogen and oxygen atoms in total. The van der Waals surface area contributed by atoms with Gasteiger partial charge in [0.1, 0.15) is 11.4 Å². The molecule has 0 atom stereocenters. The van der Waals surface area contributed by atoms with Crippen LogP contribution in [0.1, 0.15) is 44.7 Å². The highest BCUT2D eigenvalue weighted by Crippen LogP contribution is 2.22. The number of rotatable bonds is 6. The molecular formula is C19H28N4O2. The molecule has 6 heteroatoms. The van der Waals surface area contributed by atoms with Crippen molar-refractivity contribution in [2.75, 3.05) is 7.05 Å². The molecule has 1 aromatic heterocycles. The van der Waals surface area contributed by atoms with Gasteiger partial charge in [-0.05, 0) is 33.3 Å². The predicted octanol–water partition coefficient (Wildman–Crippen LogP) is 3.28. The summed E-state index contributed by atoms with van der Waals surface area (Å²) in [6.07, 6.45) is 0.862. The SMILES string of the molecule is CCc1cc(CNC(=NC)NCc2ccccc2OC(C)(C)C)on1. The second-order valence-electron chi connectivity index (χ2n) is 6.74. The van der Waals surface area contributed by atoms with E-state index >= 15 is 0 Å². The van der Waals surface area contributed by atoms with Crippen LogP contribution in [0.15, 0.2) is 39.8 Å². The minimum absolute atomic E-state index is 0.237. The molecule has 0 amide bonds. The number of guanidine groups is 1. The first-order valence-corrected chi connectivity index (χ1v) is 8.57. The Morgan fingerprint density at radius 3 is 2.56 bits per heavy atom. The first kappa shape index (κ1) is 18.8. The van der Waals surface area contributed by atoms with E-state index in [-0.39, 0.29) is 5.60 Å². The van der Waals surface area contributed by atoms with E-state index in [2.05, 4.69) is 20.8 Å². The summed E-state index contributed by atoms with van der Waals surface area (Å²) in [6, 6.07) is 9.97. The van der Waals surface area contributed by atoms with Gasteiger partial charge in [-0.15, -0.1) is 0 Å². The van der Waals surface area contributed by atoms with E-state index < -0.39 is 0 Å². The topological polar surface area (TPSA) is 71.7 Å². The van der Waals surface area contributed by atoms with Crippen LogP contribution < -0.4 is 15.4 Å². The molecule has 0 saturated carbocycles. The van der Waals surface area contributed by atoms with Crippen LogP contribution >= 0.6 is 0 Å². The largest absolute Gasteiger partial charge is 0.488 e. The minimum atomic E-state index is -0.237. The summed E-state index contributed by atoms with van der Waals surface area (Å²) < 4.78 is 11.3. The Kier molecular flexibility index (Phi) is 6.44. The molecule has 0 aliphatic rings. The van der Waals surface area contributed by atoms with E-state index in [0.717, 1.165) is 29.2 Å². The van der Waals surface area contributed by atoms with Crippen LogP contribution in [-0.2, 0) is 19.5 Å². The van der Waals surface area contributed by atoms with Crippen molar-refractivity contribution in [1.29, 1.82) is 0 Å². The number of aliphatic imine (C=N–C) groups is 1. The average molecular weight is 344 g/mol. The van der Waals surface area contributed by atoms with Crippen LogP contribution in [0, 0.1) is 0 Å². The van der Waals surface area contributed by atoms with Gasteiger partial charge in [0.05, 0.1) is 12.2 Å². The van der Waals surface area contributed by atoms with E-state index in [9.17, 15) is 0 Å². The maximum atomic E-state index is 6.02. The number of para-hydroxylation sites is 1. The third kappa shape index (κ3) is 6.14. The van der Waals surface area contributed by atoms with Gasteiger partial charge in [0.25, 0.3) is 0 Å². The highest BCUT2D eigenvalue weighted by Gasteiger charge is 2.14. The predicted molar refractivity (Wildman–Crippen MR) is 99.7 cm³/mol. The third-order valence-corrected chi connectivity index (χ3v) is 3.46. The van der Waals surface area contributed by atoms with Gasteiger partial charge in [-0.1, -0.05) is 30.3 Å². The molecule has 0 aliphatic carbocycles. The van der Waals surface area contributed by atoms with Crippen LogP contribution in [0.25, 0.3) is 0 Å². The Labute approximate surface area is 149 Å². The number of nitrogens with one attached hydrogen (secondary N) is 2. The molecule has 0 unspecified atom stereocenters. The zero-order valence-corrected chi connectivity index (χ0v) is 15.7. The molecule has 25 heavy (non-hydrogen) atoms. The quantitative estimate of drug-likeness (QED) is 0.621. The highest BCUT2D eigenvalue weighted by atomic mass is 16.5. The number of hydrogen-bond acceptors (Lipinski definition) is 4. The Morgan fingerprint density at radius 2 is 1.92 bits per heavy atom. The van der Waals surface area contributed by atoms with E-state index in [1.54, 1.807) is 7.05 Å². The van der Waals surface area contributed by atoms with Gasteiger partial charge in [-0.25, -0.2) is 0 Å². The maximum absolute atomic E-state index is 6.02. The van der Waals surface area contributed by atoms with Gasteiger partial charge in [0, 0.05) is 25.2 Å². The van der Waals surface area contributed by atoms with Gasteiger partial charge >= 0.3 is 0 Å². The van der Waals surface area contributed by atoms with Crippen LogP contribution in [0.3, 0.4) is 0 Å². The second kappa shape index (κ2) is 8.55. The van der Waals surface area contributed by atoms with Crippen molar-refractivity contribution >= 4 is 5.96 Å². The normalized spacial score (nSPS) is 12.1. The van der Waals surface area contributed by atoms with Crippen LogP contribution in [0.5, 0.6) is 5.75 Å². The molecule has 0 aliphatic heterocycles. The van der Waals surface area contributed by atoms with Crippen molar-refractivity contribution in [3.63, 3.8) is 0 Å². The van der Waals surface area contributed by atoms with E-state index in [1.807, 2.05) is 58.0 Å². The van der Waals surface area contributed by atoms with Gasteiger partial charge in [-0.3, -0.25) is 4.99 Å². The van der Waals surface area contributed by atoms with Gasteiger partial charge in [0.15, 0.2) is 11.7 Å². The van der Waals surface area contributed by atoms with Crippen LogP contribution in [-0.4, -0.2) is 23.8 Å². The maximum Gasteiger partial charge on any atom is 0.191 e. The zero-order chi connectivity index (χ0) is 18.3. The lowest BCUT2D eigenvalue weighted by Gasteiger charge is -2.23. The van der Waals surface area contributed by atoms with Gasteiger partial charge < -0.3 is 19.9 Å². The number of hydrogen-bond donors (Lipinski definition) is 2. The Balaban J connectivity index is 1.92. The molecule has 0 fully saturated rings. The summed E-state index contributed by atoms with van der Waals surface area (Å²) in [7, 11) is 1.74. The average Bonchev–Trinajstić information content (AvgIpc) is 3.03. The Bertz CT molecular complexity index is 701. The smallest absolute Gasteiger partial charge is 0.191 e. The molecule has 2 aromatic rings. The molecule has 0 saturated heterocycles. The van der Waals surface area contributed by atoms with Crippen molar-refractivity contribution in [3.05, 3.63) is 47.3 Å². The van der Waals surface area contributed by atoms with E-state index in [0.29, 0.717) is 19.0 Å². The summed E-state index contributed by atoms with van der Waals surface area (Å²) in [5, 5.41) is 10.5. The first-order valence-electron chi connectivity index (χ1n) is 8.57. The second-order valence-corrected chi connectivity index (χ2v) is 6.74. The monoisotopic (exact) mass is 344 g/mol. The molecule has 0 radical (unpaired) electrons. The van der Waals surface area contributed by atoms with Crippen LogP contribution in [0.2, 0.25) is 0 Å². The number of nitrogens with zero attached hydrogens (tertiary/aromatic N) is 2. The fourth-order valence-electron chi connectivity index (χ4n) is 2.26. The molecule has 136 valence electrons. The molecule has 2 rings (SSSR count). The number of aromatic nitrogens is 1. The first-order chi connectivity index (χ1) is 11.9. The van der Waals surface area contributed by atoms with Crippen molar-refractivity contribution in [3.8, 4) is 5.75 Å². The van der Waals surface area contributed by atoms with Crippen molar-refractivity contribution in [2.24, 2.45) is 4.99 Å². The summed E-state index contributed by atoms with van der Waals surface area (Å²) >= 11 is 0. The lowest BCUT2D eigenvalue weighted by molar-refractivity contribution is 0.129. The third-order valence-electron chi connectivity index (χ3n) is 3.46. The van der Waals surface area contributed by atoms with Crippen molar-refractivity contribution in [1.82, 2.24) is 15.8 Å². The number of ether oxygens (including phenoxy) is 1. The lowest BCUT2D eigenvalue weighted by Crippen LogP contribution is -2.36. The summed E-state index contributed by atoms with van der Waals surface area (Å²) in [5.41, 5.74) is 1.79. The lowest BCUT2D eigenvalue weighted by atomic mass is 10.1. The Morgan fingerprint density at radius 1 is 1.20 bits per heavy atom. The van der Waals surface area contributed by atoms with Crippen LogP contribution in [0.4, 0.5) is 0 Å². The zero-order valence-electron chi connectivity index (χ0n) is 15.7. The summed E-state index contributed by atoms with van der Waals surface area (Å²) in [5.74, 6) is 2.36. The molecule has 2 N–H and O–H groups in total. The van der Waals surface area contributed by atoms with Gasteiger partial charge in [0.2, 0.25) is 0 Å². The molecule has 0 bridgehead atoms. The molecular weight excluding hydrogens is 316 g/mol. The summed E-state index contributed by atoms with van der Waals surface area (Å²) in [4.78, 5) is 4.24. The van der Waals surface area contributed by atoms with E-state index in [4.69, 9.17) is 9.26 Å². The van der Waals surface area contributed by atoms with Gasteiger partial charge in [-0.2, -0.15) is 0 Å². The molecule has 1 aromatic carbocycles. The molecule has 0 spiro atoms. The fourth-order valence-corrected chi connectivity index (χ4v) is 2.26. The van der Waals surface area contributed by atoms with E-state index in [1.165, 1.54) is 0 Å². The fraction of sp³-hybridized carbons (Fsp3) is 0.474. The minimum Gasteiger partial charge on any atom is -0.488 e.